The van der Waals surface area contributed by atoms with Crippen molar-refractivity contribution in [2.75, 3.05) is 7.11 Å². The molecule has 1 aromatic heterocycles. The van der Waals surface area contributed by atoms with E-state index in [9.17, 15) is 4.79 Å². The highest BCUT2D eigenvalue weighted by Crippen LogP contribution is 2.26. The Morgan fingerprint density at radius 1 is 1.28 bits per heavy atom. The maximum atomic E-state index is 12.4. The Kier molecular flexibility index (Phi) is 3.77. The third kappa shape index (κ3) is 2.43. The van der Waals surface area contributed by atoms with Crippen LogP contribution in [0.5, 0.6) is 5.75 Å². The molecule has 0 amide bonds. The summed E-state index contributed by atoms with van der Waals surface area (Å²) in [6.07, 6.45) is 3.25. The van der Waals surface area contributed by atoms with Crippen LogP contribution in [0.15, 0.2) is 41.1 Å². The lowest BCUT2D eigenvalue weighted by molar-refractivity contribution is 0.103. The van der Waals surface area contributed by atoms with Crippen LogP contribution in [-0.4, -0.2) is 17.9 Å². The fraction of sp³-hybridized carbons (Fsp3) is 0.143. The Hall–Kier alpha value is -1.68. The van der Waals surface area contributed by atoms with Gasteiger partial charge in [0.2, 0.25) is 0 Å². The number of aromatic nitrogens is 1. The average Bonchev–Trinajstić information content (AvgIpc) is 2.38. The van der Waals surface area contributed by atoms with Gasteiger partial charge >= 0.3 is 0 Å². The number of carbonyl (C=O) groups excluding carboxylic acids is 1. The minimum absolute atomic E-state index is 0.0787. The Morgan fingerprint density at radius 3 is 2.72 bits per heavy atom. The molecular weight excluding hydrogens is 294 g/mol. The van der Waals surface area contributed by atoms with Gasteiger partial charge in [0.1, 0.15) is 5.75 Å². The number of pyridine rings is 1. The standard InChI is InChI=1S/C14H12BrNO2/c1-9-5-6-16-8-12(9)14(17)11-4-3-10(15)7-13(11)18-2/h3-8H,1-2H3. The molecule has 3 nitrogen and oxygen atoms in total. The van der Waals surface area contributed by atoms with E-state index in [4.69, 9.17) is 4.74 Å². The minimum Gasteiger partial charge on any atom is -0.496 e. The van der Waals surface area contributed by atoms with Crippen LogP contribution in [0.3, 0.4) is 0 Å². The lowest BCUT2D eigenvalue weighted by Crippen LogP contribution is -2.06. The smallest absolute Gasteiger partial charge is 0.198 e. The summed E-state index contributed by atoms with van der Waals surface area (Å²) in [6, 6.07) is 7.16. The maximum absolute atomic E-state index is 12.4. The Labute approximate surface area is 114 Å². The average molecular weight is 306 g/mol. The second-order valence-corrected chi connectivity index (χ2v) is 4.78. The van der Waals surface area contributed by atoms with E-state index in [0.29, 0.717) is 16.9 Å². The molecule has 0 bridgehead atoms. The molecule has 2 rings (SSSR count). The van der Waals surface area contributed by atoms with Gasteiger partial charge in [0.25, 0.3) is 0 Å². The second kappa shape index (κ2) is 5.31. The molecule has 0 aliphatic heterocycles. The van der Waals surface area contributed by atoms with Gasteiger partial charge in [-0.1, -0.05) is 15.9 Å². The van der Waals surface area contributed by atoms with E-state index in [2.05, 4.69) is 20.9 Å². The van der Waals surface area contributed by atoms with Crippen molar-refractivity contribution in [2.24, 2.45) is 0 Å². The highest BCUT2D eigenvalue weighted by molar-refractivity contribution is 9.10. The zero-order valence-electron chi connectivity index (χ0n) is 10.1. The van der Waals surface area contributed by atoms with E-state index in [1.807, 2.05) is 19.1 Å². The number of hydrogen-bond acceptors (Lipinski definition) is 3. The second-order valence-electron chi connectivity index (χ2n) is 3.86. The van der Waals surface area contributed by atoms with E-state index in [1.54, 1.807) is 31.6 Å². The monoisotopic (exact) mass is 305 g/mol. The zero-order valence-corrected chi connectivity index (χ0v) is 11.7. The number of hydrogen-bond donors (Lipinski definition) is 0. The summed E-state index contributed by atoms with van der Waals surface area (Å²) < 4.78 is 6.11. The van der Waals surface area contributed by atoms with Crippen LogP contribution in [0, 0.1) is 6.92 Å². The molecule has 0 saturated heterocycles. The number of benzene rings is 1. The molecule has 2 aromatic rings. The number of carbonyl (C=O) groups is 1. The molecule has 0 unspecified atom stereocenters. The molecule has 0 aliphatic carbocycles. The van der Waals surface area contributed by atoms with Crippen molar-refractivity contribution in [3.8, 4) is 5.75 Å². The van der Waals surface area contributed by atoms with Crippen LogP contribution in [0.25, 0.3) is 0 Å². The van der Waals surface area contributed by atoms with Gasteiger partial charge in [-0.3, -0.25) is 9.78 Å². The lowest BCUT2D eigenvalue weighted by atomic mass is 10.0. The van der Waals surface area contributed by atoms with Crippen LogP contribution >= 0.6 is 15.9 Å². The molecule has 18 heavy (non-hydrogen) atoms. The van der Waals surface area contributed by atoms with E-state index in [-0.39, 0.29) is 5.78 Å². The molecule has 0 N–H and O–H groups in total. The van der Waals surface area contributed by atoms with Gasteiger partial charge in [0, 0.05) is 22.4 Å². The van der Waals surface area contributed by atoms with Crippen molar-refractivity contribution in [3.63, 3.8) is 0 Å². The van der Waals surface area contributed by atoms with Gasteiger partial charge in [0.15, 0.2) is 5.78 Å². The number of halogens is 1. The summed E-state index contributed by atoms with van der Waals surface area (Å²) in [6.45, 7) is 1.89. The SMILES string of the molecule is COc1cc(Br)ccc1C(=O)c1cnccc1C. The zero-order chi connectivity index (χ0) is 13.1. The third-order valence-electron chi connectivity index (χ3n) is 2.69. The molecule has 1 aromatic carbocycles. The van der Waals surface area contributed by atoms with Crippen LogP contribution in [0.2, 0.25) is 0 Å². The van der Waals surface area contributed by atoms with Crippen molar-refractivity contribution < 1.29 is 9.53 Å². The van der Waals surface area contributed by atoms with Crippen LogP contribution in [-0.2, 0) is 0 Å². The van der Waals surface area contributed by atoms with Gasteiger partial charge in [-0.05, 0) is 36.8 Å². The number of ether oxygens (including phenoxy) is 1. The van der Waals surface area contributed by atoms with E-state index in [0.717, 1.165) is 10.0 Å². The van der Waals surface area contributed by atoms with Crippen molar-refractivity contribution in [1.82, 2.24) is 4.98 Å². The van der Waals surface area contributed by atoms with Gasteiger partial charge in [-0.15, -0.1) is 0 Å². The predicted molar refractivity (Wildman–Crippen MR) is 73.1 cm³/mol. The normalized spacial score (nSPS) is 10.2. The first kappa shape index (κ1) is 12.8. The summed E-state index contributed by atoms with van der Waals surface area (Å²) in [4.78, 5) is 16.4. The summed E-state index contributed by atoms with van der Waals surface area (Å²) in [5.41, 5.74) is 2.04. The highest BCUT2D eigenvalue weighted by Gasteiger charge is 2.16. The quantitative estimate of drug-likeness (QED) is 0.816. The lowest BCUT2D eigenvalue weighted by Gasteiger charge is -2.09. The molecule has 1 heterocycles. The van der Waals surface area contributed by atoms with Gasteiger partial charge < -0.3 is 4.74 Å². The minimum atomic E-state index is -0.0787. The van der Waals surface area contributed by atoms with Crippen LogP contribution in [0.1, 0.15) is 21.5 Å². The summed E-state index contributed by atoms with van der Waals surface area (Å²) in [5.74, 6) is 0.475. The van der Waals surface area contributed by atoms with Crippen molar-refractivity contribution >= 4 is 21.7 Å². The number of methoxy groups -OCH3 is 1. The van der Waals surface area contributed by atoms with Gasteiger partial charge in [-0.25, -0.2) is 0 Å². The molecule has 0 aliphatic rings. The largest absolute Gasteiger partial charge is 0.496 e. The maximum Gasteiger partial charge on any atom is 0.198 e. The van der Waals surface area contributed by atoms with Crippen LogP contribution in [0.4, 0.5) is 0 Å². The summed E-state index contributed by atoms with van der Waals surface area (Å²) >= 11 is 3.35. The topological polar surface area (TPSA) is 39.2 Å². The molecule has 0 radical (unpaired) electrons. The number of ketones is 1. The van der Waals surface area contributed by atoms with E-state index < -0.39 is 0 Å². The summed E-state index contributed by atoms with van der Waals surface area (Å²) in [5, 5.41) is 0. The molecule has 0 fully saturated rings. The molecule has 4 heteroatoms. The van der Waals surface area contributed by atoms with Crippen molar-refractivity contribution in [1.29, 1.82) is 0 Å². The van der Waals surface area contributed by atoms with Crippen molar-refractivity contribution in [3.05, 3.63) is 57.8 Å². The van der Waals surface area contributed by atoms with Crippen molar-refractivity contribution in [2.45, 2.75) is 6.92 Å². The van der Waals surface area contributed by atoms with Gasteiger partial charge in [0.05, 0.1) is 12.7 Å². The fourth-order valence-corrected chi connectivity index (χ4v) is 2.04. The first-order valence-electron chi connectivity index (χ1n) is 5.42. The number of nitrogens with zero attached hydrogens (tertiary/aromatic N) is 1. The van der Waals surface area contributed by atoms with Gasteiger partial charge in [-0.2, -0.15) is 0 Å². The number of aryl methyl sites for hydroxylation is 1. The van der Waals surface area contributed by atoms with E-state index >= 15 is 0 Å². The molecule has 0 saturated carbocycles. The van der Waals surface area contributed by atoms with Crippen LogP contribution < -0.4 is 4.74 Å². The Bertz CT molecular complexity index is 596. The third-order valence-corrected chi connectivity index (χ3v) is 3.19. The molecule has 0 atom stereocenters. The predicted octanol–water partition coefficient (Wildman–Crippen LogP) is 3.39. The number of rotatable bonds is 3. The van der Waals surface area contributed by atoms with E-state index in [1.165, 1.54) is 0 Å². The first-order valence-corrected chi connectivity index (χ1v) is 6.21. The molecule has 92 valence electrons. The Balaban J connectivity index is 2.50. The Morgan fingerprint density at radius 2 is 2.06 bits per heavy atom. The summed E-state index contributed by atoms with van der Waals surface area (Å²) in [7, 11) is 1.55. The fourth-order valence-electron chi connectivity index (χ4n) is 1.70. The first-order chi connectivity index (χ1) is 8.63. The molecule has 0 spiro atoms. The molecular formula is C14H12BrNO2. The highest BCUT2D eigenvalue weighted by atomic mass is 79.9.